The number of hydrogen-bond donors (Lipinski definition) is 1. The fourth-order valence-corrected chi connectivity index (χ4v) is 1.60. The highest BCUT2D eigenvalue weighted by Gasteiger charge is 2.17. The molecule has 0 bridgehead atoms. The standard InChI is InChI=1S/C14H18O6/c1-3-19-14(17)9-12(16)11-8-10(20-7-6-15)4-5-13(11)18-2/h4-5,8,15H,3,6-7,9H2,1-2H3. The van der Waals surface area contributed by atoms with Gasteiger partial charge in [-0.1, -0.05) is 0 Å². The van der Waals surface area contributed by atoms with Crippen LogP contribution in [0.4, 0.5) is 0 Å². The summed E-state index contributed by atoms with van der Waals surface area (Å²) in [4.78, 5) is 23.4. The summed E-state index contributed by atoms with van der Waals surface area (Å²) >= 11 is 0. The van der Waals surface area contributed by atoms with E-state index >= 15 is 0 Å². The van der Waals surface area contributed by atoms with E-state index in [9.17, 15) is 9.59 Å². The summed E-state index contributed by atoms with van der Waals surface area (Å²) in [6.07, 6.45) is -0.354. The number of methoxy groups -OCH3 is 1. The van der Waals surface area contributed by atoms with Gasteiger partial charge in [-0.25, -0.2) is 0 Å². The topological polar surface area (TPSA) is 82.1 Å². The van der Waals surface area contributed by atoms with Gasteiger partial charge in [-0.05, 0) is 25.1 Å². The Kier molecular flexibility index (Phi) is 6.52. The normalized spacial score (nSPS) is 9.95. The van der Waals surface area contributed by atoms with Crippen LogP contribution in [0.2, 0.25) is 0 Å². The van der Waals surface area contributed by atoms with Gasteiger partial charge in [0.2, 0.25) is 0 Å². The molecule has 0 amide bonds. The van der Waals surface area contributed by atoms with Crippen molar-refractivity contribution >= 4 is 11.8 Å². The number of ketones is 1. The summed E-state index contributed by atoms with van der Waals surface area (Å²) < 4.78 is 15.1. The van der Waals surface area contributed by atoms with Crippen LogP contribution < -0.4 is 9.47 Å². The van der Waals surface area contributed by atoms with E-state index in [1.54, 1.807) is 19.1 Å². The third-order valence-corrected chi connectivity index (χ3v) is 2.44. The number of esters is 1. The summed E-state index contributed by atoms with van der Waals surface area (Å²) in [6, 6.07) is 4.68. The first kappa shape index (κ1) is 16.0. The second kappa shape index (κ2) is 8.16. The molecule has 110 valence electrons. The molecular weight excluding hydrogens is 264 g/mol. The highest BCUT2D eigenvalue weighted by atomic mass is 16.5. The molecule has 1 rings (SSSR count). The van der Waals surface area contributed by atoms with Crippen LogP contribution in [0.5, 0.6) is 11.5 Å². The number of ether oxygens (including phenoxy) is 3. The first-order valence-corrected chi connectivity index (χ1v) is 6.22. The molecule has 1 aromatic carbocycles. The molecule has 0 aliphatic rings. The second-order valence-electron chi connectivity index (χ2n) is 3.84. The SMILES string of the molecule is CCOC(=O)CC(=O)c1cc(OCCO)ccc1OC. The molecule has 0 atom stereocenters. The average Bonchev–Trinajstić information content (AvgIpc) is 2.44. The summed E-state index contributed by atoms with van der Waals surface area (Å²) in [7, 11) is 1.44. The third kappa shape index (κ3) is 4.55. The van der Waals surface area contributed by atoms with Gasteiger partial charge in [0, 0.05) is 0 Å². The quantitative estimate of drug-likeness (QED) is 0.438. The van der Waals surface area contributed by atoms with Crippen LogP contribution in [0.1, 0.15) is 23.7 Å². The monoisotopic (exact) mass is 282 g/mol. The smallest absolute Gasteiger partial charge is 0.313 e. The molecule has 0 aliphatic heterocycles. The fraction of sp³-hybridized carbons (Fsp3) is 0.429. The van der Waals surface area contributed by atoms with Gasteiger partial charge in [-0.15, -0.1) is 0 Å². The lowest BCUT2D eigenvalue weighted by Crippen LogP contribution is -2.12. The molecule has 0 aromatic heterocycles. The van der Waals surface area contributed by atoms with Crippen LogP contribution in [0.3, 0.4) is 0 Å². The molecule has 0 saturated heterocycles. The van der Waals surface area contributed by atoms with E-state index in [0.29, 0.717) is 11.5 Å². The van der Waals surface area contributed by atoms with Gasteiger partial charge in [-0.2, -0.15) is 0 Å². The molecular formula is C14H18O6. The van der Waals surface area contributed by atoms with Crippen molar-refractivity contribution in [1.29, 1.82) is 0 Å². The van der Waals surface area contributed by atoms with Crippen molar-refractivity contribution in [2.75, 3.05) is 26.9 Å². The minimum Gasteiger partial charge on any atom is -0.496 e. The predicted molar refractivity (Wildman–Crippen MR) is 71.2 cm³/mol. The molecule has 0 spiro atoms. The number of rotatable bonds is 8. The number of benzene rings is 1. The minimum absolute atomic E-state index is 0.123. The van der Waals surface area contributed by atoms with Gasteiger partial charge >= 0.3 is 5.97 Å². The maximum Gasteiger partial charge on any atom is 0.313 e. The fourth-order valence-electron chi connectivity index (χ4n) is 1.60. The third-order valence-electron chi connectivity index (χ3n) is 2.44. The van der Waals surface area contributed by atoms with Crippen molar-refractivity contribution in [1.82, 2.24) is 0 Å². The Morgan fingerprint density at radius 3 is 2.65 bits per heavy atom. The highest BCUT2D eigenvalue weighted by molar-refractivity contribution is 6.07. The molecule has 0 heterocycles. The van der Waals surface area contributed by atoms with E-state index in [4.69, 9.17) is 19.3 Å². The van der Waals surface area contributed by atoms with Crippen LogP contribution in [0.25, 0.3) is 0 Å². The predicted octanol–water partition coefficient (Wildman–Crippen LogP) is 1.20. The van der Waals surface area contributed by atoms with Gasteiger partial charge in [0.25, 0.3) is 0 Å². The van der Waals surface area contributed by atoms with E-state index in [1.165, 1.54) is 13.2 Å². The van der Waals surface area contributed by atoms with Crippen LogP contribution in [-0.2, 0) is 9.53 Å². The van der Waals surface area contributed by atoms with Crippen LogP contribution in [0.15, 0.2) is 18.2 Å². The second-order valence-corrected chi connectivity index (χ2v) is 3.84. The summed E-state index contributed by atoms with van der Waals surface area (Å²) in [5.74, 6) is -0.210. The Morgan fingerprint density at radius 1 is 1.30 bits per heavy atom. The zero-order chi connectivity index (χ0) is 15.0. The van der Waals surface area contributed by atoms with Crippen molar-refractivity contribution in [2.24, 2.45) is 0 Å². The minimum atomic E-state index is -0.582. The van der Waals surface area contributed by atoms with Crippen LogP contribution >= 0.6 is 0 Å². The summed E-state index contributed by atoms with van der Waals surface area (Å²) in [5.41, 5.74) is 0.246. The van der Waals surface area contributed by atoms with Crippen LogP contribution in [0, 0.1) is 0 Å². The lowest BCUT2D eigenvalue weighted by Gasteiger charge is -2.10. The lowest BCUT2D eigenvalue weighted by molar-refractivity contribution is -0.141. The van der Waals surface area contributed by atoms with Gasteiger partial charge in [0.05, 0.1) is 25.9 Å². The van der Waals surface area contributed by atoms with E-state index in [1.807, 2.05) is 0 Å². The van der Waals surface area contributed by atoms with Crippen molar-refractivity contribution < 1.29 is 28.9 Å². The van der Waals surface area contributed by atoms with E-state index in [0.717, 1.165) is 0 Å². The lowest BCUT2D eigenvalue weighted by atomic mass is 10.1. The van der Waals surface area contributed by atoms with E-state index in [2.05, 4.69) is 0 Å². The van der Waals surface area contributed by atoms with E-state index < -0.39 is 11.8 Å². The Balaban J connectivity index is 2.89. The number of hydrogen-bond acceptors (Lipinski definition) is 6. The Hall–Kier alpha value is -2.08. The molecule has 1 aromatic rings. The number of aliphatic hydroxyl groups is 1. The largest absolute Gasteiger partial charge is 0.496 e. The molecule has 0 fully saturated rings. The van der Waals surface area contributed by atoms with E-state index in [-0.39, 0.29) is 31.8 Å². The first-order chi connectivity index (χ1) is 9.62. The molecule has 0 aliphatic carbocycles. The van der Waals surface area contributed by atoms with Gasteiger partial charge in [0.15, 0.2) is 5.78 Å². The zero-order valence-corrected chi connectivity index (χ0v) is 11.5. The van der Waals surface area contributed by atoms with Crippen molar-refractivity contribution in [3.05, 3.63) is 23.8 Å². The molecule has 20 heavy (non-hydrogen) atoms. The number of aliphatic hydroxyl groups excluding tert-OH is 1. The van der Waals surface area contributed by atoms with Crippen molar-refractivity contribution in [3.63, 3.8) is 0 Å². The number of Topliss-reactive ketones (excluding diaryl/α,β-unsaturated/α-hetero) is 1. The van der Waals surface area contributed by atoms with Gasteiger partial charge in [0.1, 0.15) is 24.5 Å². The Morgan fingerprint density at radius 2 is 2.05 bits per heavy atom. The van der Waals surface area contributed by atoms with Gasteiger partial charge < -0.3 is 19.3 Å². The molecule has 6 heteroatoms. The van der Waals surface area contributed by atoms with Gasteiger partial charge in [-0.3, -0.25) is 9.59 Å². The molecule has 1 N–H and O–H groups in total. The van der Waals surface area contributed by atoms with Crippen molar-refractivity contribution in [3.8, 4) is 11.5 Å². The zero-order valence-electron chi connectivity index (χ0n) is 11.5. The summed E-state index contributed by atoms with van der Waals surface area (Å²) in [6.45, 7) is 1.89. The maximum absolute atomic E-state index is 12.0. The maximum atomic E-state index is 12.0. The number of carbonyl (C=O) groups is 2. The average molecular weight is 282 g/mol. The molecule has 0 saturated carbocycles. The highest BCUT2D eigenvalue weighted by Crippen LogP contribution is 2.25. The first-order valence-electron chi connectivity index (χ1n) is 6.22. The molecule has 0 radical (unpaired) electrons. The Bertz CT molecular complexity index is 469. The summed E-state index contributed by atoms with van der Waals surface area (Å²) in [5, 5.41) is 8.71. The van der Waals surface area contributed by atoms with Crippen LogP contribution in [-0.4, -0.2) is 43.8 Å². The molecule has 6 nitrogen and oxygen atoms in total. The number of carbonyl (C=O) groups excluding carboxylic acids is 2. The van der Waals surface area contributed by atoms with Crippen molar-refractivity contribution in [2.45, 2.75) is 13.3 Å². The molecule has 0 unspecified atom stereocenters. The Labute approximate surface area is 117 Å².